The Labute approximate surface area is 112 Å². The van der Waals surface area contributed by atoms with Gasteiger partial charge in [0.2, 0.25) is 0 Å². The molecule has 1 heterocycles. The van der Waals surface area contributed by atoms with Gasteiger partial charge in [-0.15, -0.1) is 0 Å². The van der Waals surface area contributed by atoms with Gasteiger partial charge in [0.15, 0.2) is 0 Å². The molecule has 0 aliphatic heterocycles. The van der Waals surface area contributed by atoms with Crippen LogP contribution in [0.25, 0.3) is 11.0 Å². The van der Waals surface area contributed by atoms with E-state index in [9.17, 15) is 18.0 Å². The predicted molar refractivity (Wildman–Crippen MR) is 67.2 cm³/mol. The van der Waals surface area contributed by atoms with Gasteiger partial charge >= 0.3 is 12.2 Å². The van der Waals surface area contributed by atoms with Crippen molar-refractivity contribution in [3.8, 4) is 0 Å². The number of carbonyl (C=O) groups is 1. The fourth-order valence-corrected chi connectivity index (χ4v) is 1.72. The lowest BCUT2D eigenvalue weighted by Crippen LogP contribution is -2.41. The molecule has 1 aromatic heterocycles. The lowest BCUT2D eigenvalue weighted by Gasteiger charge is -2.13. The summed E-state index contributed by atoms with van der Waals surface area (Å²) in [5.41, 5.74) is 0.659. The topological polar surface area (TPSA) is 54.3 Å². The molecule has 0 bridgehead atoms. The Kier molecular flexibility index (Phi) is 3.87. The Morgan fingerprint density at radius 1 is 1.35 bits per heavy atom. The van der Waals surface area contributed by atoms with Gasteiger partial charge in [-0.05, 0) is 19.1 Å². The Hall–Kier alpha value is -2.18. The minimum Gasteiger partial charge on any atom is -0.459 e. The van der Waals surface area contributed by atoms with Crippen LogP contribution in [0.3, 0.4) is 0 Å². The highest BCUT2D eigenvalue weighted by Gasteiger charge is 2.28. The van der Waals surface area contributed by atoms with Crippen LogP contribution in [0.5, 0.6) is 0 Å². The minimum atomic E-state index is -4.43. The molecule has 0 spiro atoms. The van der Waals surface area contributed by atoms with E-state index in [1.165, 1.54) is 0 Å². The van der Waals surface area contributed by atoms with E-state index in [1.54, 1.807) is 24.4 Å². The Morgan fingerprint density at radius 2 is 2.05 bits per heavy atom. The van der Waals surface area contributed by atoms with Crippen molar-refractivity contribution in [1.29, 1.82) is 0 Å². The third kappa shape index (κ3) is 3.66. The van der Waals surface area contributed by atoms with E-state index in [1.807, 2.05) is 18.2 Å². The van der Waals surface area contributed by atoms with Crippen molar-refractivity contribution < 1.29 is 22.4 Å². The smallest absolute Gasteiger partial charge is 0.405 e. The molecule has 0 saturated heterocycles. The molecule has 1 unspecified atom stereocenters. The molecule has 4 nitrogen and oxygen atoms in total. The highest BCUT2D eigenvalue weighted by molar-refractivity contribution is 5.78. The number of halogens is 3. The summed E-state index contributed by atoms with van der Waals surface area (Å²) >= 11 is 0. The number of urea groups is 1. The minimum absolute atomic E-state index is 0.480. The molecule has 2 N–H and O–H groups in total. The zero-order valence-corrected chi connectivity index (χ0v) is 10.6. The number of fused-ring (bicyclic) bond motifs is 1. The van der Waals surface area contributed by atoms with Crippen LogP contribution in [0, 0.1) is 0 Å². The van der Waals surface area contributed by atoms with Crippen LogP contribution in [0.15, 0.2) is 34.7 Å². The van der Waals surface area contributed by atoms with E-state index in [-0.39, 0.29) is 0 Å². The summed E-state index contributed by atoms with van der Waals surface area (Å²) in [5.74, 6) is 0.480. The summed E-state index contributed by atoms with van der Waals surface area (Å²) in [7, 11) is 0. The second-order valence-corrected chi connectivity index (χ2v) is 4.35. The first kappa shape index (κ1) is 14.2. The fraction of sp³-hybridized carbons (Fsp3) is 0.308. The second kappa shape index (κ2) is 5.44. The number of amides is 2. The molecule has 0 radical (unpaired) electrons. The van der Waals surface area contributed by atoms with Gasteiger partial charge in [-0.2, -0.15) is 13.2 Å². The molecule has 2 aromatic rings. The zero-order chi connectivity index (χ0) is 14.8. The standard InChI is InChI=1S/C13H13F3N2O2/c1-8(18-12(19)17-7-13(14,15)16)11-6-9-4-2-3-5-10(9)20-11/h2-6,8H,7H2,1H3,(H2,17,18,19). The number of hydrogen-bond donors (Lipinski definition) is 2. The molecule has 0 saturated carbocycles. The van der Waals surface area contributed by atoms with Gasteiger partial charge in [0.05, 0.1) is 6.04 Å². The molecule has 1 atom stereocenters. The fourth-order valence-electron chi connectivity index (χ4n) is 1.72. The Balaban J connectivity index is 1.97. The maximum absolute atomic E-state index is 12.0. The van der Waals surface area contributed by atoms with Crippen molar-refractivity contribution in [3.63, 3.8) is 0 Å². The van der Waals surface area contributed by atoms with Gasteiger partial charge < -0.3 is 15.1 Å². The van der Waals surface area contributed by atoms with Crippen molar-refractivity contribution in [2.75, 3.05) is 6.54 Å². The first-order valence-corrected chi connectivity index (χ1v) is 5.95. The summed E-state index contributed by atoms with van der Waals surface area (Å²) in [6.45, 7) is 0.260. The van der Waals surface area contributed by atoms with Gasteiger partial charge in [0.25, 0.3) is 0 Å². The number of rotatable bonds is 3. The number of para-hydroxylation sites is 1. The van der Waals surface area contributed by atoms with Gasteiger partial charge in [-0.3, -0.25) is 0 Å². The number of nitrogens with one attached hydrogen (secondary N) is 2. The molecule has 2 amide bonds. The van der Waals surface area contributed by atoms with Crippen molar-refractivity contribution in [3.05, 3.63) is 36.1 Å². The third-order valence-electron chi connectivity index (χ3n) is 2.67. The van der Waals surface area contributed by atoms with E-state index < -0.39 is 24.8 Å². The maximum atomic E-state index is 12.0. The quantitative estimate of drug-likeness (QED) is 0.909. The largest absolute Gasteiger partial charge is 0.459 e. The molecule has 20 heavy (non-hydrogen) atoms. The number of furan rings is 1. The molecule has 1 aromatic carbocycles. The van der Waals surface area contributed by atoms with Gasteiger partial charge in [0, 0.05) is 5.39 Å². The van der Waals surface area contributed by atoms with E-state index >= 15 is 0 Å². The van der Waals surface area contributed by atoms with Gasteiger partial charge in [-0.1, -0.05) is 18.2 Å². The average molecular weight is 286 g/mol. The molecular weight excluding hydrogens is 273 g/mol. The lowest BCUT2D eigenvalue weighted by molar-refractivity contribution is -0.122. The molecule has 7 heteroatoms. The third-order valence-corrected chi connectivity index (χ3v) is 2.67. The van der Waals surface area contributed by atoms with Crippen molar-refractivity contribution in [2.45, 2.75) is 19.1 Å². The van der Waals surface area contributed by atoms with Crippen LogP contribution >= 0.6 is 0 Å². The Bertz CT molecular complexity index is 574. The van der Waals surface area contributed by atoms with Crippen LogP contribution in [-0.2, 0) is 0 Å². The second-order valence-electron chi connectivity index (χ2n) is 4.35. The van der Waals surface area contributed by atoms with E-state index in [2.05, 4.69) is 5.32 Å². The molecule has 2 rings (SSSR count). The number of hydrogen-bond acceptors (Lipinski definition) is 2. The molecular formula is C13H13F3N2O2. The van der Waals surface area contributed by atoms with Crippen LogP contribution in [0.2, 0.25) is 0 Å². The number of benzene rings is 1. The van der Waals surface area contributed by atoms with E-state index in [4.69, 9.17) is 4.42 Å². The lowest BCUT2D eigenvalue weighted by atomic mass is 10.2. The van der Waals surface area contributed by atoms with Crippen LogP contribution in [0.1, 0.15) is 18.7 Å². The summed E-state index contributed by atoms with van der Waals surface area (Å²) < 4.78 is 41.4. The number of alkyl halides is 3. The SMILES string of the molecule is CC(NC(=O)NCC(F)(F)F)c1cc2ccccc2o1. The molecule has 0 fully saturated rings. The average Bonchev–Trinajstić information content (AvgIpc) is 2.79. The monoisotopic (exact) mass is 286 g/mol. The molecule has 108 valence electrons. The highest BCUT2D eigenvalue weighted by atomic mass is 19.4. The van der Waals surface area contributed by atoms with E-state index in [0.29, 0.717) is 11.3 Å². The van der Waals surface area contributed by atoms with Crippen molar-refractivity contribution >= 4 is 17.0 Å². The van der Waals surface area contributed by atoms with Crippen LogP contribution in [-0.4, -0.2) is 18.8 Å². The van der Waals surface area contributed by atoms with Crippen LogP contribution < -0.4 is 10.6 Å². The predicted octanol–water partition coefficient (Wildman–Crippen LogP) is 3.36. The van der Waals surface area contributed by atoms with Gasteiger partial charge in [-0.25, -0.2) is 4.79 Å². The summed E-state index contributed by atoms with van der Waals surface area (Å²) in [6, 6.07) is 7.59. The Morgan fingerprint density at radius 3 is 2.70 bits per heavy atom. The summed E-state index contributed by atoms with van der Waals surface area (Å²) in [4.78, 5) is 11.3. The zero-order valence-electron chi connectivity index (χ0n) is 10.6. The number of carbonyl (C=O) groups excluding carboxylic acids is 1. The highest BCUT2D eigenvalue weighted by Crippen LogP contribution is 2.23. The first-order valence-electron chi connectivity index (χ1n) is 5.95. The molecule has 0 aliphatic carbocycles. The summed E-state index contributed by atoms with van der Waals surface area (Å²) in [5, 5.41) is 4.99. The molecule has 0 aliphatic rings. The maximum Gasteiger partial charge on any atom is 0.405 e. The summed E-state index contributed by atoms with van der Waals surface area (Å²) in [6.07, 6.45) is -4.43. The van der Waals surface area contributed by atoms with Gasteiger partial charge in [0.1, 0.15) is 17.9 Å². The van der Waals surface area contributed by atoms with E-state index in [0.717, 1.165) is 5.39 Å². The normalized spacial score (nSPS) is 13.2. The first-order chi connectivity index (χ1) is 9.35. The van der Waals surface area contributed by atoms with Crippen molar-refractivity contribution in [2.24, 2.45) is 0 Å². The van der Waals surface area contributed by atoms with Crippen molar-refractivity contribution in [1.82, 2.24) is 10.6 Å². The van der Waals surface area contributed by atoms with Crippen LogP contribution in [0.4, 0.5) is 18.0 Å².